The molecule has 0 saturated carbocycles. The summed E-state index contributed by atoms with van der Waals surface area (Å²) in [5.41, 5.74) is 1.38. The van der Waals surface area contributed by atoms with Gasteiger partial charge in [0.25, 0.3) is 0 Å². The molecule has 0 amide bonds. The summed E-state index contributed by atoms with van der Waals surface area (Å²) in [6.07, 6.45) is 6.00. The number of fused-ring (bicyclic) bond motifs is 1. The average molecular weight is 274 g/mol. The van der Waals surface area contributed by atoms with Crippen LogP contribution in [0.1, 0.15) is 31.7 Å². The van der Waals surface area contributed by atoms with Crippen LogP contribution < -0.4 is 5.32 Å². The van der Waals surface area contributed by atoms with Crippen molar-refractivity contribution in [3.8, 4) is 0 Å². The summed E-state index contributed by atoms with van der Waals surface area (Å²) < 4.78 is 0. The Hall–Kier alpha value is -1.13. The first kappa shape index (κ1) is 13.8. The van der Waals surface area contributed by atoms with Crippen molar-refractivity contribution in [3.05, 3.63) is 23.9 Å². The highest BCUT2D eigenvalue weighted by Crippen LogP contribution is 2.22. The Kier molecular flexibility index (Phi) is 4.53. The molecule has 3 rings (SSSR count). The van der Waals surface area contributed by atoms with Crippen LogP contribution in [0.3, 0.4) is 0 Å². The molecule has 0 radical (unpaired) electrons. The van der Waals surface area contributed by atoms with Gasteiger partial charge in [-0.25, -0.2) is 4.98 Å². The zero-order chi connectivity index (χ0) is 13.8. The summed E-state index contributed by atoms with van der Waals surface area (Å²) in [4.78, 5) is 9.67. The van der Waals surface area contributed by atoms with E-state index in [-0.39, 0.29) is 0 Å². The van der Waals surface area contributed by atoms with Crippen LogP contribution in [0.4, 0.5) is 5.82 Å². The summed E-state index contributed by atoms with van der Waals surface area (Å²) in [6.45, 7) is 9.17. The quantitative estimate of drug-likeness (QED) is 0.912. The van der Waals surface area contributed by atoms with Crippen molar-refractivity contribution in [2.45, 2.75) is 38.8 Å². The van der Waals surface area contributed by atoms with Gasteiger partial charge in [0.15, 0.2) is 0 Å². The maximum Gasteiger partial charge on any atom is 0.126 e. The number of hydrogen-bond acceptors (Lipinski definition) is 4. The van der Waals surface area contributed by atoms with E-state index in [1.165, 1.54) is 51.0 Å². The highest BCUT2D eigenvalue weighted by Gasteiger charge is 2.28. The third-order valence-electron chi connectivity index (χ3n) is 4.48. The molecule has 0 bridgehead atoms. The number of nitrogens with one attached hydrogen (secondary N) is 1. The van der Waals surface area contributed by atoms with E-state index in [0.717, 1.165) is 24.9 Å². The summed E-state index contributed by atoms with van der Waals surface area (Å²) in [6, 6.07) is 5.14. The fourth-order valence-corrected chi connectivity index (χ4v) is 3.54. The van der Waals surface area contributed by atoms with Gasteiger partial charge in [-0.15, -0.1) is 0 Å². The number of rotatable bonds is 4. The van der Waals surface area contributed by atoms with Crippen LogP contribution in [-0.4, -0.2) is 53.5 Å². The molecule has 110 valence electrons. The first-order valence-corrected chi connectivity index (χ1v) is 8.00. The molecule has 2 aliphatic rings. The van der Waals surface area contributed by atoms with E-state index in [9.17, 15) is 0 Å². The standard InChI is InChI=1S/C16H26N4/c1-2-17-16-11-14(6-7-18-16)12-19-8-4-10-20-9-3-5-15(20)13-19/h6-7,11,15H,2-5,8-10,12-13H2,1H3,(H,17,18). The molecule has 3 heterocycles. The molecule has 4 nitrogen and oxygen atoms in total. The average Bonchev–Trinajstić information content (AvgIpc) is 2.79. The third-order valence-corrected chi connectivity index (χ3v) is 4.48. The van der Waals surface area contributed by atoms with Crippen molar-refractivity contribution in [2.75, 3.05) is 38.0 Å². The topological polar surface area (TPSA) is 31.4 Å². The Morgan fingerprint density at radius 1 is 1.30 bits per heavy atom. The second kappa shape index (κ2) is 6.55. The number of nitrogens with zero attached hydrogens (tertiary/aromatic N) is 3. The number of hydrogen-bond donors (Lipinski definition) is 1. The lowest BCUT2D eigenvalue weighted by Gasteiger charge is -2.25. The third kappa shape index (κ3) is 3.30. The van der Waals surface area contributed by atoms with E-state index in [1.54, 1.807) is 0 Å². The van der Waals surface area contributed by atoms with Crippen LogP contribution in [0.25, 0.3) is 0 Å². The molecule has 4 heteroatoms. The Balaban J connectivity index is 1.63. The van der Waals surface area contributed by atoms with Gasteiger partial charge in [0.05, 0.1) is 0 Å². The van der Waals surface area contributed by atoms with Crippen LogP contribution in [-0.2, 0) is 6.54 Å². The van der Waals surface area contributed by atoms with Crippen LogP contribution in [0.5, 0.6) is 0 Å². The van der Waals surface area contributed by atoms with Crippen molar-refractivity contribution < 1.29 is 0 Å². The fraction of sp³-hybridized carbons (Fsp3) is 0.688. The number of anilines is 1. The predicted octanol–water partition coefficient (Wildman–Crippen LogP) is 2.18. The van der Waals surface area contributed by atoms with E-state index in [1.807, 2.05) is 6.20 Å². The van der Waals surface area contributed by atoms with Crippen molar-refractivity contribution in [1.82, 2.24) is 14.8 Å². The van der Waals surface area contributed by atoms with Gasteiger partial charge in [-0.3, -0.25) is 9.80 Å². The minimum Gasteiger partial charge on any atom is -0.370 e. The van der Waals surface area contributed by atoms with Crippen LogP contribution in [0.15, 0.2) is 18.3 Å². The van der Waals surface area contributed by atoms with E-state index in [2.05, 4.69) is 39.2 Å². The summed E-state index contributed by atoms with van der Waals surface area (Å²) in [5.74, 6) is 1.00. The second-order valence-corrected chi connectivity index (χ2v) is 6.00. The monoisotopic (exact) mass is 274 g/mol. The fourth-order valence-electron chi connectivity index (χ4n) is 3.54. The normalized spacial score (nSPS) is 24.4. The lowest BCUT2D eigenvalue weighted by molar-refractivity contribution is 0.215. The molecule has 2 fully saturated rings. The zero-order valence-corrected chi connectivity index (χ0v) is 12.5. The van der Waals surface area contributed by atoms with Crippen LogP contribution >= 0.6 is 0 Å². The van der Waals surface area contributed by atoms with Crippen molar-refractivity contribution in [2.24, 2.45) is 0 Å². The van der Waals surface area contributed by atoms with Gasteiger partial charge in [-0.05, 0) is 63.5 Å². The van der Waals surface area contributed by atoms with Crippen molar-refractivity contribution >= 4 is 5.82 Å². The second-order valence-electron chi connectivity index (χ2n) is 6.00. The lowest BCUT2D eigenvalue weighted by atomic mass is 10.2. The van der Waals surface area contributed by atoms with Gasteiger partial charge < -0.3 is 5.32 Å². The van der Waals surface area contributed by atoms with E-state index < -0.39 is 0 Å². The van der Waals surface area contributed by atoms with E-state index in [0.29, 0.717) is 0 Å². The molecule has 1 aromatic rings. The highest BCUT2D eigenvalue weighted by atomic mass is 15.3. The molecule has 1 unspecified atom stereocenters. The van der Waals surface area contributed by atoms with Gasteiger partial charge in [0.2, 0.25) is 0 Å². The van der Waals surface area contributed by atoms with Gasteiger partial charge >= 0.3 is 0 Å². The molecular formula is C16H26N4. The largest absolute Gasteiger partial charge is 0.370 e. The highest BCUT2D eigenvalue weighted by molar-refractivity contribution is 5.37. The Morgan fingerprint density at radius 2 is 2.20 bits per heavy atom. The summed E-state index contributed by atoms with van der Waals surface area (Å²) >= 11 is 0. The van der Waals surface area contributed by atoms with Gasteiger partial charge in [-0.2, -0.15) is 0 Å². The number of pyridine rings is 1. The molecule has 0 spiro atoms. The molecule has 1 aromatic heterocycles. The molecule has 2 aliphatic heterocycles. The van der Waals surface area contributed by atoms with E-state index in [4.69, 9.17) is 0 Å². The molecule has 20 heavy (non-hydrogen) atoms. The maximum absolute atomic E-state index is 4.36. The predicted molar refractivity (Wildman–Crippen MR) is 82.9 cm³/mol. The lowest BCUT2D eigenvalue weighted by Crippen LogP contribution is -2.36. The van der Waals surface area contributed by atoms with Gasteiger partial charge in [0, 0.05) is 31.9 Å². The van der Waals surface area contributed by atoms with Crippen LogP contribution in [0, 0.1) is 0 Å². The van der Waals surface area contributed by atoms with Gasteiger partial charge in [0.1, 0.15) is 5.82 Å². The SMILES string of the molecule is CCNc1cc(CN2CCCN3CCCC3C2)ccn1. The molecular weight excluding hydrogens is 248 g/mol. The minimum atomic E-state index is 0.799. The Bertz CT molecular complexity index is 434. The zero-order valence-electron chi connectivity index (χ0n) is 12.5. The van der Waals surface area contributed by atoms with Gasteiger partial charge in [-0.1, -0.05) is 0 Å². The molecule has 0 aliphatic carbocycles. The van der Waals surface area contributed by atoms with Crippen molar-refractivity contribution in [3.63, 3.8) is 0 Å². The first-order chi connectivity index (χ1) is 9.85. The molecule has 1 N–H and O–H groups in total. The molecule has 0 aromatic carbocycles. The Morgan fingerprint density at radius 3 is 3.10 bits per heavy atom. The number of aromatic nitrogens is 1. The molecule has 1 atom stereocenters. The summed E-state index contributed by atoms with van der Waals surface area (Å²) in [7, 11) is 0. The smallest absolute Gasteiger partial charge is 0.126 e. The van der Waals surface area contributed by atoms with Crippen molar-refractivity contribution in [1.29, 1.82) is 0 Å². The maximum atomic E-state index is 4.36. The first-order valence-electron chi connectivity index (χ1n) is 8.00. The minimum absolute atomic E-state index is 0.799. The van der Waals surface area contributed by atoms with Crippen LogP contribution in [0.2, 0.25) is 0 Å². The van der Waals surface area contributed by atoms with E-state index >= 15 is 0 Å². The summed E-state index contributed by atoms with van der Waals surface area (Å²) in [5, 5.41) is 3.30. The Labute approximate surface area is 122 Å². The molecule has 2 saturated heterocycles.